The van der Waals surface area contributed by atoms with Gasteiger partial charge in [0.25, 0.3) is 0 Å². The van der Waals surface area contributed by atoms with E-state index in [4.69, 9.17) is 23.2 Å². The van der Waals surface area contributed by atoms with Crippen molar-refractivity contribution < 1.29 is 4.79 Å². The molecular formula is C15H11Cl2N3O. The number of halogens is 2. The predicted molar refractivity (Wildman–Crippen MR) is 84.0 cm³/mol. The van der Waals surface area contributed by atoms with Crippen LogP contribution in [0.25, 0.3) is 5.65 Å². The van der Waals surface area contributed by atoms with Crippen LogP contribution < -0.4 is 5.32 Å². The molecule has 106 valence electrons. The summed E-state index contributed by atoms with van der Waals surface area (Å²) in [7, 11) is 0. The molecule has 0 aliphatic rings. The highest BCUT2D eigenvalue weighted by atomic mass is 35.5. The molecule has 0 unspecified atom stereocenters. The Morgan fingerprint density at radius 2 is 1.90 bits per heavy atom. The number of anilines is 1. The lowest BCUT2D eigenvalue weighted by Crippen LogP contribution is -2.15. The van der Waals surface area contributed by atoms with Gasteiger partial charge >= 0.3 is 0 Å². The van der Waals surface area contributed by atoms with Crippen LogP contribution in [0.1, 0.15) is 5.69 Å². The van der Waals surface area contributed by atoms with E-state index < -0.39 is 0 Å². The Morgan fingerprint density at radius 3 is 2.62 bits per heavy atom. The van der Waals surface area contributed by atoms with E-state index in [2.05, 4.69) is 10.3 Å². The molecule has 3 rings (SSSR count). The Hall–Kier alpha value is -2.04. The summed E-state index contributed by atoms with van der Waals surface area (Å²) in [4.78, 5) is 16.5. The average molecular weight is 320 g/mol. The molecule has 21 heavy (non-hydrogen) atoms. The first-order valence-electron chi connectivity index (χ1n) is 6.30. The number of carbonyl (C=O) groups is 1. The summed E-state index contributed by atoms with van der Waals surface area (Å²) in [5.41, 5.74) is 1.91. The molecule has 1 aromatic carbocycles. The monoisotopic (exact) mass is 319 g/mol. The fourth-order valence-corrected chi connectivity index (χ4v) is 2.53. The summed E-state index contributed by atoms with van der Waals surface area (Å²) < 4.78 is 1.87. The number of nitrogens with zero attached hydrogens (tertiary/aromatic N) is 2. The molecule has 0 radical (unpaired) electrons. The van der Waals surface area contributed by atoms with Crippen LogP contribution in [0.2, 0.25) is 10.0 Å². The van der Waals surface area contributed by atoms with E-state index in [1.165, 1.54) is 0 Å². The smallest absolute Gasteiger partial charge is 0.230 e. The fourth-order valence-electron chi connectivity index (χ4n) is 2.04. The highest BCUT2D eigenvalue weighted by Crippen LogP contribution is 2.29. The molecule has 1 N–H and O–H groups in total. The average Bonchev–Trinajstić information content (AvgIpc) is 2.85. The van der Waals surface area contributed by atoms with Gasteiger partial charge in [-0.15, -0.1) is 0 Å². The highest BCUT2D eigenvalue weighted by molar-refractivity contribution is 6.39. The van der Waals surface area contributed by atoms with Gasteiger partial charge < -0.3 is 9.72 Å². The molecule has 1 amide bonds. The summed E-state index contributed by atoms with van der Waals surface area (Å²) in [6.07, 6.45) is 3.86. The Bertz CT molecular complexity index is 760. The first-order chi connectivity index (χ1) is 10.1. The zero-order valence-electron chi connectivity index (χ0n) is 10.9. The molecule has 4 nitrogen and oxygen atoms in total. The normalized spacial score (nSPS) is 10.8. The Morgan fingerprint density at radius 1 is 1.14 bits per heavy atom. The third-order valence-electron chi connectivity index (χ3n) is 2.98. The minimum absolute atomic E-state index is 0.156. The number of rotatable bonds is 3. The van der Waals surface area contributed by atoms with Crippen molar-refractivity contribution in [2.45, 2.75) is 6.42 Å². The Kier molecular flexibility index (Phi) is 3.82. The second-order valence-corrected chi connectivity index (χ2v) is 5.33. The third kappa shape index (κ3) is 3.01. The van der Waals surface area contributed by atoms with Crippen molar-refractivity contribution in [1.29, 1.82) is 0 Å². The molecule has 0 atom stereocenters. The second kappa shape index (κ2) is 5.76. The van der Waals surface area contributed by atoms with Gasteiger partial charge in [-0.3, -0.25) is 4.79 Å². The lowest BCUT2D eigenvalue weighted by Gasteiger charge is -2.08. The van der Waals surface area contributed by atoms with Crippen LogP contribution in [-0.2, 0) is 11.2 Å². The Balaban J connectivity index is 1.77. The minimum atomic E-state index is -0.214. The van der Waals surface area contributed by atoms with Crippen molar-refractivity contribution in [3.05, 3.63) is 64.5 Å². The summed E-state index contributed by atoms with van der Waals surface area (Å²) in [5.74, 6) is -0.214. The van der Waals surface area contributed by atoms with Gasteiger partial charge in [0.1, 0.15) is 5.65 Å². The van der Waals surface area contributed by atoms with Crippen molar-refractivity contribution >= 4 is 40.4 Å². The van der Waals surface area contributed by atoms with Gasteiger partial charge in [0, 0.05) is 12.4 Å². The van der Waals surface area contributed by atoms with E-state index in [0.29, 0.717) is 21.4 Å². The molecule has 0 saturated carbocycles. The van der Waals surface area contributed by atoms with Crippen LogP contribution in [0, 0.1) is 0 Å². The maximum atomic E-state index is 12.1. The molecule has 3 aromatic rings. The van der Waals surface area contributed by atoms with E-state index in [0.717, 1.165) is 5.65 Å². The number of amides is 1. The first-order valence-corrected chi connectivity index (χ1v) is 7.05. The molecule has 0 fully saturated rings. The number of carbonyl (C=O) groups excluding carboxylic acids is 1. The van der Waals surface area contributed by atoms with E-state index in [1.807, 2.05) is 35.0 Å². The fraction of sp³-hybridized carbons (Fsp3) is 0.0667. The van der Waals surface area contributed by atoms with Gasteiger partial charge in [-0.05, 0) is 24.3 Å². The van der Waals surface area contributed by atoms with Crippen molar-refractivity contribution in [1.82, 2.24) is 9.38 Å². The Labute approximate surface area is 131 Å². The summed E-state index contributed by atoms with van der Waals surface area (Å²) in [6, 6.07) is 10.8. The van der Waals surface area contributed by atoms with Gasteiger partial charge in [0.05, 0.1) is 27.8 Å². The van der Waals surface area contributed by atoms with Crippen LogP contribution in [0.15, 0.2) is 48.8 Å². The predicted octanol–water partition coefficient (Wildman–Crippen LogP) is 3.82. The third-order valence-corrected chi connectivity index (χ3v) is 3.61. The number of fused-ring (bicyclic) bond motifs is 1. The minimum Gasteiger partial charge on any atom is -0.323 e. The van der Waals surface area contributed by atoms with Crippen LogP contribution in [0.4, 0.5) is 5.69 Å². The van der Waals surface area contributed by atoms with Crippen LogP contribution in [-0.4, -0.2) is 15.3 Å². The highest BCUT2D eigenvalue weighted by Gasteiger charge is 2.11. The largest absolute Gasteiger partial charge is 0.323 e. The van der Waals surface area contributed by atoms with Crippen LogP contribution in [0.5, 0.6) is 0 Å². The van der Waals surface area contributed by atoms with Gasteiger partial charge in [-0.25, -0.2) is 4.98 Å². The number of benzene rings is 1. The summed E-state index contributed by atoms with van der Waals surface area (Å²) in [5, 5.41) is 3.54. The number of para-hydroxylation sites is 1. The van der Waals surface area contributed by atoms with Crippen molar-refractivity contribution in [3.63, 3.8) is 0 Å². The lowest BCUT2D eigenvalue weighted by molar-refractivity contribution is -0.115. The van der Waals surface area contributed by atoms with E-state index in [-0.39, 0.29) is 12.3 Å². The summed E-state index contributed by atoms with van der Waals surface area (Å²) >= 11 is 12.0. The standard InChI is InChI=1S/C15H11Cl2N3O/c16-11-4-3-5-12(17)15(11)19-14(21)8-10-9-20-7-2-1-6-13(20)18-10/h1-7,9H,8H2,(H,19,21). The zero-order chi connectivity index (χ0) is 14.8. The molecule has 2 heterocycles. The van der Waals surface area contributed by atoms with E-state index in [9.17, 15) is 4.79 Å². The maximum Gasteiger partial charge on any atom is 0.230 e. The summed E-state index contributed by atoms with van der Waals surface area (Å²) in [6.45, 7) is 0. The van der Waals surface area contributed by atoms with Crippen molar-refractivity contribution in [2.75, 3.05) is 5.32 Å². The molecule has 6 heteroatoms. The molecule has 0 spiro atoms. The molecular weight excluding hydrogens is 309 g/mol. The molecule has 0 aliphatic carbocycles. The van der Waals surface area contributed by atoms with E-state index in [1.54, 1.807) is 18.2 Å². The second-order valence-electron chi connectivity index (χ2n) is 4.52. The van der Waals surface area contributed by atoms with Gasteiger partial charge in [0.2, 0.25) is 5.91 Å². The van der Waals surface area contributed by atoms with E-state index >= 15 is 0 Å². The molecule has 0 bridgehead atoms. The number of pyridine rings is 1. The number of aromatic nitrogens is 2. The number of nitrogens with one attached hydrogen (secondary N) is 1. The zero-order valence-corrected chi connectivity index (χ0v) is 12.4. The molecule has 0 saturated heterocycles. The van der Waals surface area contributed by atoms with Crippen LogP contribution >= 0.6 is 23.2 Å². The topological polar surface area (TPSA) is 46.4 Å². The number of hydrogen-bond donors (Lipinski definition) is 1. The SMILES string of the molecule is O=C(Cc1cn2ccccc2n1)Nc1c(Cl)cccc1Cl. The number of hydrogen-bond acceptors (Lipinski definition) is 2. The van der Waals surface area contributed by atoms with Gasteiger partial charge in [0.15, 0.2) is 0 Å². The lowest BCUT2D eigenvalue weighted by atomic mass is 10.2. The first kappa shape index (κ1) is 13.9. The van der Waals surface area contributed by atoms with Crippen molar-refractivity contribution in [2.24, 2.45) is 0 Å². The quantitative estimate of drug-likeness (QED) is 0.797. The molecule has 0 aliphatic heterocycles. The molecule has 2 aromatic heterocycles. The van der Waals surface area contributed by atoms with Gasteiger partial charge in [-0.1, -0.05) is 35.3 Å². The van der Waals surface area contributed by atoms with Gasteiger partial charge in [-0.2, -0.15) is 0 Å². The van der Waals surface area contributed by atoms with Crippen LogP contribution in [0.3, 0.4) is 0 Å². The van der Waals surface area contributed by atoms with Crippen molar-refractivity contribution in [3.8, 4) is 0 Å². The number of imidazole rings is 1. The maximum absolute atomic E-state index is 12.1.